The van der Waals surface area contributed by atoms with Crippen molar-refractivity contribution in [3.8, 4) is 5.88 Å². The number of aromatic hydroxyl groups is 1. The molecule has 1 aromatic heterocycles. The van der Waals surface area contributed by atoms with Crippen molar-refractivity contribution in [3.05, 3.63) is 12.0 Å². The molecule has 1 aliphatic heterocycles. The van der Waals surface area contributed by atoms with E-state index in [1.165, 1.54) is 0 Å². The van der Waals surface area contributed by atoms with Crippen molar-refractivity contribution in [3.63, 3.8) is 0 Å². The number of aliphatic hydroxyl groups excluding tert-OH is 2. The lowest BCUT2D eigenvalue weighted by molar-refractivity contribution is -0.169. The molecule has 0 saturated carbocycles. The van der Waals surface area contributed by atoms with Crippen molar-refractivity contribution in [2.45, 2.75) is 38.6 Å². The summed E-state index contributed by atoms with van der Waals surface area (Å²) >= 11 is 0. The van der Waals surface area contributed by atoms with Crippen LogP contribution >= 0.6 is 7.60 Å². The number of nitrogens with two attached hydrogens (primary N) is 1. The fourth-order valence-electron chi connectivity index (χ4n) is 2.38. The van der Waals surface area contributed by atoms with Gasteiger partial charge >= 0.3 is 7.60 Å². The van der Waals surface area contributed by atoms with E-state index in [0.29, 0.717) is 0 Å². The van der Waals surface area contributed by atoms with Crippen LogP contribution in [0.5, 0.6) is 5.88 Å². The summed E-state index contributed by atoms with van der Waals surface area (Å²) in [7, 11) is -3.55. The second kappa shape index (κ2) is 8.44. The predicted molar refractivity (Wildman–Crippen MR) is 85.1 cm³/mol. The quantitative estimate of drug-likeness (QED) is 0.399. The third-order valence-corrected chi connectivity index (χ3v) is 5.29. The normalized spacial score (nSPS) is 26.3. The van der Waals surface area contributed by atoms with Gasteiger partial charge in [-0.25, -0.2) is 4.98 Å². The number of carbonyl (C=O) groups excluding carboxylic acids is 1. The Morgan fingerprint density at radius 2 is 1.96 bits per heavy atom. The van der Waals surface area contributed by atoms with Crippen molar-refractivity contribution >= 4 is 13.5 Å². The number of aliphatic hydroxyl groups is 2. The highest BCUT2D eigenvalue weighted by molar-refractivity contribution is 7.53. The third kappa shape index (κ3) is 4.23. The van der Waals surface area contributed by atoms with Crippen LogP contribution in [0.25, 0.3) is 0 Å². The molecule has 1 saturated heterocycles. The summed E-state index contributed by atoms with van der Waals surface area (Å²) in [5, 5.41) is 30.2. The van der Waals surface area contributed by atoms with Gasteiger partial charge in [0.1, 0.15) is 18.5 Å². The summed E-state index contributed by atoms with van der Waals surface area (Å²) in [6.45, 7) is 3.51. The molecule has 1 amide bonds. The summed E-state index contributed by atoms with van der Waals surface area (Å²) in [5.41, 5.74) is 4.64. The molecule has 12 nitrogen and oxygen atoms in total. The van der Waals surface area contributed by atoms with Gasteiger partial charge in [0.15, 0.2) is 24.6 Å². The van der Waals surface area contributed by atoms with Gasteiger partial charge in [0.2, 0.25) is 5.88 Å². The Hall–Kier alpha value is -1.53. The van der Waals surface area contributed by atoms with Crippen LogP contribution < -0.4 is 5.73 Å². The Morgan fingerprint density at radius 3 is 2.46 bits per heavy atom. The Labute approximate surface area is 149 Å². The second-order valence-electron chi connectivity index (χ2n) is 5.31. The molecule has 1 fully saturated rings. The van der Waals surface area contributed by atoms with Gasteiger partial charge in [-0.15, -0.1) is 0 Å². The van der Waals surface area contributed by atoms with Crippen LogP contribution in [0.2, 0.25) is 0 Å². The number of imidazole rings is 1. The SMILES string of the molecule is CCOP(=O)(CO[C@H]1O[C@@H](n2cnc(C(N)=O)c2O)[C@H](O)[C@@H]1O)OCC. The molecule has 5 N–H and O–H groups in total. The molecule has 2 rings (SSSR count). The van der Waals surface area contributed by atoms with Crippen molar-refractivity contribution in [1.29, 1.82) is 0 Å². The lowest BCUT2D eigenvalue weighted by Crippen LogP contribution is -2.33. The number of nitrogens with zero attached hydrogens (tertiary/aromatic N) is 2. The second-order valence-corrected chi connectivity index (χ2v) is 7.30. The molecule has 2 heterocycles. The molecule has 26 heavy (non-hydrogen) atoms. The topological polar surface area (TPSA) is 176 Å². The van der Waals surface area contributed by atoms with Crippen molar-refractivity contribution in [2.24, 2.45) is 5.73 Å². The van der Waals surface area contributed by atoms with Crippen LogP contribution in [-0.4, -0.2) is 68.8 Å². The van der Waals surface area contributed by atoms with Crippen LogP contribution in [0.1, 0.15) is 30.6 Å². The predicted octanol–water partition coefficient (Wildman–Crippen LogP) is -0.496. The maximum atomic E-state index is 12.4. The molecular weight excluding hydrogens is 373 g/mol. The van der Waals surface area contributed by atoms with E-state index in [9.17, 15) is 24.7 Å². The minimum atomic E-state index is -3.55. The molecule has 1 aromatic rings. The highest BCUT2D eigenvalue weighted by atomic mass is 31.2. The number of primary amides is 1. The standard InChI is InChI=1S/C13H22N3O9P/c1-3-23-26(21,24-4-2)6-22-13-9(18)8(17)12(25-13)16-5-15-7(10(14)19)11(16)20/h5,8-9,12-13,17-18,20H,3-4,6H2,1-2H3,(H2,14,19)/t8-,9+,12-,13+/m1/s1. The fraction of sp³-hybridized carbons (Fsp3) is 0.692. The molecular formula is C13H22N3O9P. The number of aromatic nitrogens is 2. The van der Waals surface area contributed by atoms with Gasteiger partial charge in [0, 0.05) is 0 Å². The summed E-state index contributed by atoms with van der Waals surface area (Å²) in [4.78, 5) is 14.8. The Kier molecular flexibility index (Phi) is 6.74. The van der Waals surface area contributed by atoms with E-state index >= 15 is 0 Å². The van der Waals surface area contributed by atoms with E-state index in [0.717, 1.165) is 10.9 Å². The van der Waals surface area contributed by atoms with Gasteiger partial charge in [-0.05, 0) is 13.8 Å². The number of ether oxygens (including phenoxy) is 2. The average molecular weight is 395 g/mol. The lowest BCUT2D eigenvalue weighted by Gasteiger charge is -2.20. The fourth-order valence-corrected chi connectivity index (χ4v) is 3.72. The van der Waals surface area contributed by atoms with Gasteiger partial charge in [0.05, 0.1) is 13.2 Å². The molecule has 0 radical (unpaired) electrons. The Bertz CT molecular complexity index is 672. The van der Waals surface area contributed by atoms with E-state index in [-0.39, 0.29) is 13.2 Å². The van der Waals surface area contributed by atoms with Crippen LogP contribution in [0.15, 0.2) is 6.33 Å². The number of amides is 1. The molecule has 0 bridgehead atoms. The van der Waals surface area contributed by atoms with Gasteiger partial charge in [-0.2, -0.15) is 0 Å². The summed E-state index contributed by atoms with van der Waals surface area (Å²) in [5.74, 6) is -1.61. The lowest BCUT2D eigenvalue weighted by atomic mass is 10.2. The van der Waals surface area contributed by atoms with Gasteiger partial charge in [0.25, 0.3) is 5.91 Å². The molecule has 1 aliphatic rings. The number of carbonyl (C=O) groups is 1. The minimum absolute atomic E-state index is 0.124. The molecule has 13 heteroatoms. The van der Waals surface area contributed by atoms with E-state index in [1.807, 2.05) is 0 Å². The van der Waals surface area contributed by atoms with E-state index in [2.05, 4.69) is 4.98 Å². The van der Waals surface area contributed by atoms with Crippen LogP contribution in [0, 0.1) is 0 Å². The zero-order chi connectivity index (χ0) is 19.5. The molecule has 0 unspecified atom stereocenters. The van der Waals surface area contributed by atoms with Crippen molar-refractivity contribution in [1.82, 2.24) is 9.55 Å². The molecule has 0 spiro atoms. The third-order valence-electron chi connectivity index (χ3n) is 3.52. The van der Waals surface area contributed by atoms with E-state index < -0.39 is 56.2 Å². The first-order chi connectivity index (χ1) is 12.2. The highest BCUT2D eigenvalue weighted by Gasteiger charge is 2.46. The van der Waals surface area contributed by atoms with E-state index in [4.69, 9.17) is 24.3 Å². The van der Waals surface area contributed by atoms with Gasteiger partial charge in [-0.1, -0.05) is 0 Å². The minimum Gasteiger partial charge on any atom is -0.493 e. The number of hydrogen-bond donors (Lipinski definition) is 4. The zero-order valence-electron chi connectivity index (χ0n) is 14.2. The maximum absolute atomic E-state index is 12.4. The van der Waals surface area contributed by atoms with Crippen LogP contribution in [-0.2, 0) is 23.1 Å². The summed E-state index contributed by atoms with van der Waals surface area (Å²) < 4.78 is 34.0. The van der Waals surface area contributed by atoms with Crippen LogP contribution in [0.3, 0.4) is 0 Å². The highest BCUT2D eigenvalue weighted by Crippen LogP contribution is 2.48. The van der Waals surface area contributed by atoms with Crippen molar-refractivity contribution in [2.75, 3.05) is 19.6 Å². The Morgan fingerprint density at radius 1 is 1.35 bits per heavy atom. The molecule has 148 valence electrons. The zero-order valence-corrected chi connectivity index (χ0v) is 15.1. The molecule has 0 aromatic carbocycles. The molecule has 0 aliphatic carbocycles. The largest absolute Gasteiger partial charge is 0.493 e. The summed E-state index contributed by atoms with van der Waals surface area (Å²) in [6, 6.07) is 0. The number of hydrogen-bond acceptors (Lipinski definition) is 10. The average Bonchev–Trinajstić information content (AvgIpc) is 3.08. The molecule has 4 atom stereocenters. The first kappa shape index (κ1) is 20.8. The van der Waals surface area contributed by atoms with Crippen molar-refractivity contribution < 1.29 is 43.2 Å². The number of rotatable bonds is 9. The summed E-state index contributed by atoms with van der Waals surface area (Å²) in [6.07, 6.45) is -5.26. The van der Waals surface area contributed by atoms with E-state index in [1.54, 1.807) is 13.8 Å². The first-order valence-corrected chi connectivity index (χ1v) is 9.53. The smallest absolute Gasteiger partial charge is 0.356 e. The van der Waals surface area contributed by atoms with Gasteiger partial charge in [-0.3, -0.25) is 13.9 Å². The monoisotopic (exact) mass is 395 g/mol. The first-order valence-electron chi connectivity index (χ1n) is 7.81. The Balaban J connectivity index is 2.10. The van der Waals surface area contributed by atoms with Gasteiger partial charge < -0.3 is 39.6 Å². The van der Waals surface area contributed by atoms with Crippen LogP contribution in [0.4, 0.5) is 0 Å². The maximum Gasteiger partial charge on any atom is 0.356 e.